The molecular weight excluding hydrogens is 482 g/mol. The summed E-state index contributed by atoms with van der Waals surface area (Å²) in [4.78, 5) is 12.3. The Morgan fingerprint density at radius 3 is 2.09 bits per heavy atom. The van der Waals surface area contributed by atoms with E-state index in [9.17, 15) is 21.6 Å². The smallest absolute Gasteiger partial charge is 0.240 e. The molecule has 1 amide bonds. The SMILES string of the molecule is CCOc1ccc(S(=O)(=O)NCCC(=O)Nc2ccc(S(=O)(=O)NCc3ccco3)cc2)cc1. The van der Waals surface area contributed by atoms with Crippen LogP contribution in [0.15, 0.2) is 81.1 Å². The predicted molar refractivity (Wildman–Crippen MR) is 125 cm³/mol. The van der Waals surface area contributed by atoms with Crippen LogP contribution in [0.3, 0.4) is 0 Å². The first-order chi connectivity index (χ1) is 16.2. The van der Waals surface area contributed by atoms with Crippen LogP contribution < -0.4 is 19.5 Å². The van der Waals surface area contributed by atoms with Crippen molar-refractivity contribution < 1.29 is 30.8 Å². The van der Waals surface area contributed by atoms with Gasteiger partial charge in [0.1, 0.15) is 11.5 Å². The van der Waals surface area contributed by atoms with E-state index in [0.717, 1.165) is 0 Å². The van der Waals surface area contributed by atoms with E-state index in [1.165, 1.54) is 42.7 Å². The topological polar surface area (TPSA) is 144 Å². The Morgan fingerprint density at radius 2 is 1.50 bits per heavy atom. The quantitative estimate of drug-likeness (QED) is 0.342. The van der Waals surface area contributed by atoms with Gasteiger partial charge in [-0.05, 0) is 67.6 Å². The van der Waals surface area contributed by atoms with Crippen LogP contribution in [-0.2, 0) is 31.4 Å². The number of nitrogens with one attached hydrogen (secondary N) is 3. The number of carbonyl (C=O) groups is 1. The van der Waals surface area contributed by atoms with Crippen molar-refractivity contribution in [2.24, 2.45) is 0 Å². The van der Waals surface area contributed by atoms with E-state index in [0.29, 0.717) is 23.8 Å². The van der Waals surface area contributed by atoms with E-state index < -0.39 is 26.0 Å². The Bertz CT molecular complexity index is 1290. The normalized spacial score (nSPS) is 11.8. The first kappa shape index (κ1) is 25.4. The number of anilines is 1. The summed E-state index contributed by atoms with van der Waals surface area (Å²) < 4.78 is 64.6. The number of carbonyl (C=O) groups excluding carboxylic acids is 1. The molecule has 34 heavy (non-hydrogen) atoms. The Kier molecular flexibility index (Phi) is 8.45. The summed E-state index contributed by atoms with van der Waals surface area (Å²) in [6, 6.07) is 14.9. The fourth-order valence-corrected chi connectivity index (χ4v) is 4.89. The summed E-state index contributed by atoms with van der Waals surface area (Å²) >= 11 is 0. The number of benzene rings is 2. The second-order valence-electron chi connectivity index (χ2n) is 7.03. The Hall–Kier alpha value is -3.19. The summed E-state index contributed by atoms with van der Waals surface area (Å²) in [6.07, 6.45) is 1.34. The Labute approximate surface area is 198 Å². The molecule has 182 valence electrons. The van der Waals surface area contributed by atoms with Crippen molar-refractivity contribution in [2.45, 2.75) is 29.7 Å². The van der Waals surface area contributed by atoms with E-state index in [1.807, 2.05) is 6.92 Å². The molecule has 0 aliphatic rings. The fourth-order valence-electron chi connectivity index (χ4n) is 2.87. The van der Waals surface area contributed by atoms with Crippen LogP contribution in [0, 0.1) is 0 Å². The first-order valence-corrected chi connectivity index (χ1v) is 13.3. The van der Waals surface area contributed by atoms with E-state index >= 15 is 0 Å². The molecule has 10 nitrogen and oxygen atoms in total. The summed E-state index contributed by atoms with van der Waals surface area (Å²) in [5.41, 5.74) is 0.379. The van der Waals surface area contributed by atoms with Crippen molar-refractivity contribution in [2.75, 3.05) is 18.5 Å². The molecule has 12 heteroatoms. The number of hydrogen-bond acceptors (Lipinski definition) is 7. The lowest BCUT2D eigenvalue weighted by atomic mass is 10.3. The number of ether oxygens (including phenoxy) is 1. The summed E-state index contributed by atoms with van der Waals surface area (Å²) in [6.45, 7) is 2.21. The van der Waals surface area contributed by atoms with Crippen molar-refractivity contribution in [3.8, 4) is 5.75 Å². The van der Waals surface area contributed by atoms with Crippen LogP contribution in [0.1, 0.15) is 19.1 Å². The Morgan fingerprint density at radius 1 is 0.882 bits per heavy atom. The molecule has 0 unspecified atom stereocenters. The zero-order chi connectivity index (χ0) is 24.6. The molecule has 3 aromatic rings. The molecule has 0 radical (unpaired) electrons. The van der Waals surface area contributed by atoms with Gasteiger partial charge < -0.3 is 14.5 Å². The second kappa shape index (κ2) is 11.3. The van der Waals surface area contributed by atoms with Gasteiger partial charge in [0.15, 0.2) is 0 Å². The van der Waals surface area contributed by atoms with Gasteiger partial charge in [0.2, 0.25) is 26.0 Å². The molecule has 0 fully saturated rings. The van der Waals surface area contributed by atoms with Gasteiger partial charge in [0, 0.05) is 18.7 Å². The van der Waals surface area contributed by atoms with Crippen molar-refractivity contribution in [1.82, 2.24) is 9.44 Å². The molecular formula is C22H25N3O7S2. The standard InChI is InChI=1S/C22H25N3O7S2/c1-2-31-18-7-11-21(12-8-18)33(27,28)23-14-13-22(26)25-17-5-9-20(10-6-17)34(29,30)24-16-19-4-3-15-32-19/h3-12,15,23-24H,2,13-14,16H2,1H3,(H,25,26). The van der Waals surface area contributed by atoms with Crippen molar-refractivity contribution in [1.29, 1.82) is 0 Å². The van der Waals surface area contributed by atoms with Crippen LogP contribution in [0.2, 0.25) is 0 Å². The second-order valence-corrected chi connectivity index (χ2v) is 10.6. The van der Waals surface area contributed by atoms with Crippen LogP contribution in [0.5, 0.6) is 5.75 Å². The largest absolute Gasteiger partial charge is 0.494 e. The number of rotatable bonds is 12. The van der Waals surface area contributed by atoms with Crippen LogP contribution in [0.25, 0.3) is 0 Å². The predicted octanol–water partition coefficient (Wildman–Crippen LogP) is 2.46. The third-order valence-electron chi connectivity index (χ3n) is 4.55. The van der Waals surface area contributed by atoms with Gasteiger partial charge in [-0.1, -0.05) is 0 Å². The highest BCUT2D eigenvalue weighted by Gasteiger charge is 2.16. The molecule has 0 saturated carbocycles. The summed E-state index contributed by atoms with van der Waals surface area (Å²) in [5, 5.41) is 2.60. The van der Waals surface area contributed by atoms with E-state index in [2.05, 4.69) is 14.8 Å². The molecule has 2 aromatic carbocycles. The summed E-state index contributed by atoms with van der Waals surface area (Å²) in [7, 11) is -7.52. The third kappa shape index (κ3) is 7.15. The molecule has 0 saturated heterocycles. The minimum atomic E-state index is -3.77. The maximum atomic E-state index is 12.4. The monoisotopic (exact) mass is 507 g/mol. The number of hydrogen-bond donors (Lipinski definition) is 3. The lowest BCUT2D eigenvalue weighted by Gasteiger charge is -2.09. The zero-order valence-electron chi connectivity index (χ0n) is 18.4. The minimum Gasteiger partial charge on any atom is -0.494 e. The minimum absolute atomic E-state index is 0.0143. The number of furan rings is 1. The van der Waals surface area contributed by atoms with Gasteiger partial charge in [0.05, 0.1) is 29.2 Å². The highest BCUT2D eigenvalue weighted by atomic mass is 32.2. The molecule has 1 heterocycles. The molecule has 0 bridgehead atoms. The molecule has 1 aromatic heterocycles. The Balaban J connectivity index is 1.48. The van der Waals surface area contributed by atoms with Gasteiger partial charge in [-0.3, -0.25) is 4.79 Å². The molecule has 3 N–H and O–H groups in total. The average molecular weight is 508 g/mol. The van der Waals surface area contributed by atoms with E-state index in [-0.39, 0.29) is 29.3 Å². The molecule has 3 rings (SSSR count). The van der Waals surface area contributed by atoms with Crippen molar-refractivity contribution >= 4 is 31.6 Å². The first-order valence-electron chi connectivity index (χ1n) is 10.3. The van der Waals surface area contributed by atoms with Gasteiger partial charge >= 0.3 is 0 Å². The van der Waals surface area contributed by atoms with Gasteiger partial charge in [-0.15, -0.1) is 0 Å². The molecule has 0 atom stereocenters. The highest BCUT2D eigenvalue weighted by molar-refractivity contribution is 7.89. The molecule has 0 spiro atoms. The maximum absolute atomic E-state index is 12.4. The maximum Gasteiger partial charge on any atom is 0.240 e. The van der Waals surface area contributed by atoms with Crippen LogP contribution in [-0.4, -0.2) is 35.9 Å². The fraction of sp³-hybridized carbons (Fsp3) is 0.227. The van der Waals surface area contributed by atoms with Crippen molar-refractivity contribution in [3.05, 3.63) is 72.7 Å². The third-order valence-corrected chi connectivity index (χ3v) is 7.45. The number of sulfonamides is 2. The number of amides is 1. The van der Waals surface area contributed by atoms with Crippen LogP contribution >= 0.6 is 0 Å². The highest BCUT2D eigenvalue weighted by Crippen LogP contribution is 2.17. The average Bonchev–Trinajstić information content (AvgIpc) is 3.33. The molecule has 0 aliphatic carbocycles. The zero-order valence-corrected chi connectivity index (χ0v) is 20.0. The summed E-state index contributed by atoms with van der Waals surface area (Å²) in [5.74, 6) is 0.611. The molecule has 0 aliphatic heterocycles. The van der Waals surface area contributed by atoms with E-state index in [1.54, 1.807) is 24.3 Å². The van der Waals surface area contributed by atoms with Gasteiger partial charge in [0.25, 0.3) is 0 Å². The van der Waals surface area contributed by atoms with E-state index in [4.69, 9.17) is 9.15 Å². The van der Waals surface area contributed by atoms with Crippen molar-refractivity contribution in [3.63, 3.8) is 0 Å². The van der Waals surface area contributed by atoms with Crippen LogP contribution in [0.4, 0.5) is 5.69 Å². The van der Waals surface area contributed by atoms with Gasteiger partial charge in [-0.25, -0.2) is 26.3 Å². The van der Waals surface area contributed by atoms with Gasteiger partial charge in [-0.2, -0.15) is 0 Å². The lowest BCUT2D eigenvalue weighted by Crippen LogP contribution is -2.27. The lowest BCUT2D eigenvalue weighted by molar-refractivity contribution is -0.116.